The van der Waals surface area contributed by atoms with E-state index in [4.69, 9.17) is 0 Å². The third kappa shape index (κ3) is 6.51. The molecule has 2 N–H and O–H groups in total. The Morgan fingerprint density at radius 2 is 1.62 bits per heavy atom. The van der Waals surface area contributed by atoms with Crippen molar-refractivity contribution in [2.75, 3.05) is 6.54 Å². The Hall–Kier alpha value is -4.13. The number of hydrogen-bond donors (Lipinski definition) is 2. The summed E-state index contributed by atoms with van der Waals surface area (Å²) in [7, 11) is 0. The Bertz CT molecular complexity index is 1400. The number of aryl methyl sites for hydroxylation is 1. The van der Waals surface area contributed by atoms with Crippen LogP contribution in [0.4, 0.5) is 0 Å². The number of carbonyl (C=O) groups excluding carboxylic acids is 3. The molecule has 3 amide bonds. The quantitative estimate of drug-likeness (QED) is 0.328. The number of aromatic hydroxyl groups is 1. The van der Waals surface area contributed by atoms with E-state index in [0.29, 0.717) is 32.4 Å². The number of piperazine rings is 1. The van der Waals surface area contributed by atoms with Gasteiger partial charge in [-0.2, -0.15) is 0 Å². The SMILES string of the molecule is CCCCCC(C(=O)NCCc1ccc(C)cc1)N1C(=O)[C@@H]2Cc3ccccc3CN2C(=O)[C@@H]1Cc1ccc(O)cc1. The highest BCUT2D eigenvalue weighted by Crippen LogP contribution is 2.33. The molecule has 0 bridgehead atoms. The topological polar surface area (TPSA) is 90.0 Å². The van der Waals surface area contributed by atoms with Gasteiger partial charge in [-0.3, -0.25) is 14.4 Å². The molecule has 0 radical (unpaired) electrons. The standard InChI is InChI=1S/C35H41N3O4/c1-3-4-5-10-30(33(40)36-20-19-25-13-11-24(2)12-14-25)38-32(21-26-15-17-29(39)18-16-26)34(41)37-23-28-9-7-6-8-27(28)22-31(37)35(38)42/h6-9,11-18,30-32,39H,3-5,10,19-23H2,1-2H3,(H,36,40)/t30?,31-,32-/m0/s1. The molecule has 3 aromatic carbocycles. The number of amides is 3. The van der Waals surface area contributed by atoms with Gasteiger partial charge in [0, 0.05) is 25.9 Å². The average molecular weight is 568 g/mol. The summed E-state index contributed by atoms with van der Waals surface area (Å²) in [4.78, 5) is 45.8. The zero-order chi connectivity index (χ0) is 29.6. The van der Waals surface area contributed by atoms with Crippen LogP contribution in [0.2, 0.25) is 0 Å². The maximum absolute atomic E-state index is 14.4. The van der Waals surface area contributed by atoms with Crippen molar-refractivity contribution in [1.29, 1.82) is 0 Å². The van der Waals surface area contributed by atoms with Crippen LogP contribution in [0.15, 0.2) is 72.8 Å². The van der Waals surface area contributed by atoms with E-state index >= 15 is 0 Å². The summed E-state index contributed by atoms with van der Waals surface area (Å²) < 4.78 is 0. The van der Waals surface area contributed by atoms with Crippen LogP contribution in [-0.4, -0.2) is 57.3 Å². The van der Waals surface area contributed by atoms with Crippen LogP contribution in [0.3, 0.4) is 0 Å². The van der Waals surface area contributed by atoms with Crippen LogP contribution in [0.5, 0.6) is 5.75 Å². The molecule has 0 aliphatic carbocycles. The normalized spacial score (nSPS) is 18.8. The third-order valence-corrected chi connectivity index (χ3v) is 8.61. The molecule has 220 valence electrons. The molecule has 0 spiro atoms. The molecule has 0 aromatic heterocycles. The molecule has 1 fully saturated rings. The van der Waals surface area contributed by atoms with Gasteiger partial charge in [0.1, 0.15) is 23.9 Å². The van der Waals surface area contributed by atoms with Crippen molar-refractivity contribution in [2.45, 2.75) is 83.5 Å². The Balaban J connectivity index is 1.44. The van der Waals surface area contributed by atoms with Gasteiger partial charge < -0.3 is 20.2 Å². The Morgan fingerprint density at radius 1 is 0.929 bits per heavy atom. The molecule has 1 unspecified atom stereocenters. The van der Waals surface area contributed by atoms with Crippen molar-refractivity contribution in [3.63, 3.8) is 0 Å². The van der Waals surface area contributed by atoms with Gasteiger partial charge in [0.2, 0.25) is 17.7 Å². The van der Waals surface area contributed by atoms with E-state index in [9.17, 15) is 19.5 Å². The number of nitrogens with zero attached hydrogens (tertiary/aromatic N) is 2. The Labute approximate surface area is 248 Å². The molecular weight excluding hydrogens is 526 g/mol. The summed E-state index contributed by atoms with van der Waals surface area (Å²) in [5, 5.41) is 12.9. The van der Waals surface area contributed by atoms with Crippen LogP contribution in [0, 0.1) is 6.92 Å². The number of carbonyl (C=O) groups is 3. The molecular formula is C35H41N3O4. The molecule has 2 heterocycles. The number of benzene rings is 3. The Morgan fingerprint density at radius 3 is 2.33 bits per heavy atom. The molecule has 3 aromatic rings. The lowest BCUT2D eigenvalue weighted by atomic mass is 9.87. The zero-order valence-corrected chi connectivity index (χ0v) is 24.6. The van der Waals surface area contributed by atoms with Gasteiger partial charge in [0.05, 0.1) is 0 Å². The summed E-state index contributed by atoms with van der Waals surface area (Å²) in [6, 6.07) is 20.8. The van der Waals surface area contributed by atoms with Gasteiger partial charge in [-0.1, -0.05) is 92.4 Å². The fourth-order valence-corrected chi connectivity index (χ4v) is 6.21. The summed E-state index contributed by atoms with van der Waals surface area (Å²) in [6.07, 6.45) is 4.61. The van der Waals surface area contributed by atoms with Gasteiger partial charge in [-0.05, 0) is 54.2 Å². The first kappa shape index (κ1) is 29.4. The maximum atomic E-state index is 14.4. The fraction of sp³-hybridized carbons (Fsp3) is 0.400. The van der Waals surface area contributed by atoms with Gasteiger partial charge in [0.15, 0.2) is 0 Å². The first-order chi connectivity index (χ1) is 20.4. The van der Waals surface area contributed by atoms with Crippen molar-refractivity contribution >= 4 is 17.7 Å². The largest absolute Gasteiger partial charge is 0.508 e. The minimum Gasteiger partial charge on any atom is -0.508 e. The molecule has 5 rings (SSSR count). The van der Waals surface area contributed by atoms with Crippen molar-refractivity contribution in [2.24, 2.45) is 0 Å². The van der Waals surface area contributed by atoms with E-state index in [0.717, 1.165) is 41.5 Å². The molecule has 2 aliphatic heterocycles. The maximum Gasteiger partial charge on any atom is 0.247 e. The zero-order valence-electron chi connectivity index (χ0n) is 24.6. The predicted octanol–water partition coefficient (Wildman–Crippen LogP) is 4.72. The first-order valence-corrected chi connectivity index (χ1v) is 15.2. The molecule has 3 atom stereocenters. The van der Waals surface area contributed by atoms with Crippen LogP contribution in [0.25, 0.3) is 0 Å². The molecule has 2 aliphatic rings. The molecule has 7 nitrogen and oxygen atoms in total. The van der Waals surface area contributed by atoms with Gasteiger partial charge in [-0.25, -0.2) is 0 Å². The van der Waals surface area contributed by atoms with Crippen molar-refractivity contribution in [3.8, 4) is 5.75 Å². The average Bonchev–Trinajstić information content (AvgIpc) is 3.00. The lowest BCUT2D eigenvalue weighted by molar-refractivity contribution is -0.168. The summed E-state index contributed by atoms with van der Waals surface area (Å²) in [5.41, 5.74) is 5.27. The second-order valence-corrected chi connectivity index (χ2v) is 11.6. The second-order valence-electron chi connectivity index (χ2n) is 11.6. The van der Waals surface area contributed by atoms with E-state index < -0.39 is 18.1 Å². The number of rotatable bonds is 11. The van der Waals surface area contributed by atoms with Gasteiger partial charge >= 0.3 is 0 Å². The smallest absolute Gasteiger partial charge is 0.247 e. The lowest BCUT2D eigenvalue weighted by Crippen LogP contribution is -2.70. The number of nitrogens with one attached hydrogen (secondary N) is 1. The Kier molecular flexibility index (Phi) is 9.25. The fourth-order valence-electron chi connectivity index (χ4n) is 6.21. The minimum absolute atomic E-state index is 0.130. The molecule has 0 saturated carbocycles. The highest BCUT2D eigenvalue weighted by atomic mass is 16.3. The summed E-state index contributed by atoms with van der Waals surface area (Å²) in [5.74, 6) is -0.363. The number of unbranched alkanes of at least 4 members (excludes halogenated alkanes) is 2. The van der Waals surface area contributed by atoms with Crippen molar-refractivity contribution in [3.05, 3.63) is 101 Å². The van der Waals surface area contributed by atoms with Crippen molar-refractivity contribution < 1.29 is 19.5 Å². The van der Waals surface area contributed by atoms with Crippen LogP contribution >= 0.6 is 0 Å². The summed E-state index contributed by atoms with van der Waals surface area (Å²) in [6.45, 7) is 4.99. The second kappa shape index (κ2) is 13.2. The lowest BCUT2D eigenvalue weighted by Gasteiger charge is -2.49. The van der Waals surface area contributed by atoms with E-state index in [1.807, 2.05) is 31.2 Å². The molecule has 42 heavy (non-hydrogen) atoms. The van der Waals surface area contributed by atoms with Crippen LogP contribution in [0.1, 0.15) is 60.4 Å². The minimum atomic E-state index is -0.807. The number of phenolic OH excluding ortho intramolecular Hbond substituents is 1. The highest BCUT2D eigenvalue weighted by molar-refractivity contribution is 6.00. The third-order valence-electron chi connectivity index (χ3n) is 8.61. The first-order valence-electron chi connectivity index (χ1n) is 15.2. The van der Waals surface area contributed by atoms with Gasteiger partial charge in [0.25, 0.3) is 0 Å². The highest BCUT2D eigenvalue weighted by Gasteiger charge is 2.50. The van der Waals surface area contributed by atoms with Crippen LogP contribution < -0.4 is 5.32 Å². The predicted molar refractivity (Wildman–Crippen MR) is 163 cm³/mol. The van der Waals surface area contributed by atoms with Crippen molar-refractivity contribution in [1.82, 2.24) is 15.1 Å². The monoisotopic (exact) mass is 567 g/mol. The van der Waals surface area contributed by atoms with Crippen LogP contribution in [-0.2, 0) is 40.2 Å². The van der Waals surface area contributed by atoms with E-state index in [1.165, 1.54) is 5.56 Å². The number of phenols is 1. The van der Waals surface area contributed by atoms with E-state index in [2.05, 4.69) is 36.5 Å². The van der Waals surface area contributed by atoms with Gasteiger partial charge in [-0.15, -0.1) is 0 Å². The number of fused-ring (bicyclic) bond motifs is 2. The number of hydrogen-bond acceptors (Lipinski definition) is 4. The van der Waals surface area contributed by atoms with E-state index in [1.54, 1.807) is 34.1 Å². The molecule has 1 saturated heterocycles. The molecule has 7 heteroatoms. The summed E-state index contributed by atoms with van der Waals surface area (Å²) >= 11 is 0. The van der Waals surface area contributed by atoms with E-state index in [-0.39, 0.29) is 29.9 Å².